The summed E-state index contributed by atoms with van der Waals surface area (Å²) in [5.74, 6) is -0.335. The van der Waals surface area contributed by atoms with Crippen molar-refractivity contribution in [2.45, 2.75) is 19.4 Å². The molecule has 2 aromatic rings. The zero-order valence-electron chi connectivity index (χ0n) is 11.5. The molecule has 0 heterocycles. The highest BCUT2D eigenvalue weighted by atomic mass is 16.5. The second-order valence-corrected chi connectivity index (χ2v) is 4.61. The van der Waals surface area contributed by atoms with E-state index in [1.54, 1.807) is 12.1 Å². The molecule has 1 N–H and O–H groups in total. The Balaban J connectivity index is 1.83. The maximum atomic E-state index is 11.7. The molecule has 0 aromatic heterocycles. The lowest BCUT2D eigenvalue weighted by Crippen LogP contribution is -2.06. The van der Waals surface area contributed by atoms with Crippen LogP contribution < -0.4 is 0 Å². The standard InChI is InChI=1S/C17H15NO3/c18-11-15-10-13(6-8-16(15)19)7-9-17(20)21-12-14-4-2-1-3-5-14/h1-6,8,10,19H,7,9,12H2. The van der Waals surface area contributed by atoms with Crippen molar-refractivity contribution in [3.8, 4) is 11.8 Å². The van der Waals surface area contributed by atoms with Crippen molar-refractivity contribution < 1.29 is 14.6 Å². The lowest BCUT2D eigenvalue weighted by molar-refractivity contribution is -0.144. The minimum absolute atomic E-state index is 0.0482. The molecule has 0 saturated carbocycles. The topological polar surface area (TPSA) is 70.3 Å². The fourth-order valence-corrected chi connectivity index (χ4v) is 1.88. The van der Waals surface area contributed by atoms with E-state index in [-0.39, 0.29) is 30.3 Å². The van der Waals surface area contributed by atoms with Crippen LogP contribution >= 0.6 is 0 Å². The van der Waals surface area contributed by atoms with Gasteiger partial charge in [-0.3, -0.25) is 4.79 Å². The average molecular weight is 281 g/mol. The first-order valence-corrected chi connectivity index (χ1v) is 6.60. The number of hydrogen-bond donors (Lipinski definition) is 1. The van der Waals surface area contributed by atoms with Gasteiger partial charge in [0.05, 0.1) is 5.56 Å². The Morgan fingerprint density at radius 1 is 1.14 bits per heavy atom. The quantitative estimate of drug-likeness (QED) is 0.855. The smallest absolute Gasteiger partial charge is 0.306 e. The Morgan fingerprint density at radius 2 is 1.90 bits per heavy atom. The van der Waals surface area contributed by atoms with Gasteiger partial charge >= 0.3 is 5.97 Å². The molecule has 0 aliphatic heterocycles. The number of phenols is 1. The summed E-state index contributed by atoms with van der Waals surface area (Å²) in [6.07, 6.45) is 0.713. The molecule has 0 aliphatic carbocycles. The third kappa shape index (κ3) is 4.36. The van der Waals surface area contributed by atoms with Crippen LogP contribution in [0.1, 0.15) is 23.1 Å². The number of ether oxygens (including phenoxy) is 1. The van der Waals surface area contributed by atoms with E-state index in [9.17, 15) is 9.90 Å². The Morgan fingerprint density at radius 3 is 2.62 bits per heavy atom. The number of nitriles is 1. The second kappa shape index (κ2) is 7.11. The Kier molecular flexibility index (Phi) is 4.94. The summed E-state index contributed by atoms with van der Waals surface area (Å²) < 4.78 is 5.18. The van der Waals surface area contributed by atoms with Crippen LogP contribution in [-0.4, -0.2) is 11.1 Å². The number of esters is 1. The summed E-state index contributed by atoms with van der Waals surface area (Å²) in [5, 5.41) is 18.2. The van der Waals surface area contributed by atoms with Crippen molar-refractivity contribution in [2.24, 2.45) is 0 Å². The lowest BCUT2D eigenvalue weighted by Gasteiger charge is -2.05. The summed E-state index contributed by atoms with van der Waals surface area (Å²) in [6.45, 7) is 0.263. The van der Waals surface area contributed by atoms with E-state index in [4.69, 9.17) is 10.00 Å². The number of rotatable bonds is 5. The highest BCUT2D eigenvalue weighted by Crippen LogP contribution is 2.18. The molecule has 0 amide bonds. The van der Waals surface area contributed by atoms with Gasteiger partial charge in [0.25, 0.3) is 0 Å². The largest absolute Gasteiger partial charge is 0.507 e. The maximum absolute atomic E-state index is 11.7. The van der Waals surface area contributed by atoms with Gasteiger partial charge < -0.3 is 9.84 Å². The normalized spacial score (nSPS) is 9.86. The van der Waals surface area contributed by atoms with E-state index < -0.39 is 0 Å². The van der Waals surface area contributed by atoms with Crippen LogP contribution in [-0.2, 0) is 22.6 Å². The van der Waals surface area contributed by atoms with E-state index >= 15 is 0 Å². The summed E-state index contributed by atoms with van der Waals surface area (Å²) in [4.78, 5) is 11.7. The molecule has 2 aromatic carbocycles. The van der Waals surface area contributed by atoms with Gasteiger partial charge in [-0.15, -0.1) is 0 Å². The molecule has 0 atom stereocenters. The van der Waals surface area contributed by atoms with Crippen LogP contribution in [0.15, 0.2) is 48.5 Å². The van der Waals surface area contributed by atoms with Gasteiger partial charge in [-0.25, -0.2) is 0 Å². The number of carbonyl (C=O) groups excluding carboxylic acids is 1. The number of phenolic OH excluding ortho intramolecular Hbond substituents is 1. The van der Waals surface area contributed by atoms with Crippen LogP contribution in [0.4, 0.5) is 0 Å². The van der Waals surface area contributed by atoms with Gasteiger partial charge in [0.1, 0.15) is 18.4 Å². The lowest BCUT2D eigenvalue weighted by atomic mass is 10.1. The molecular formula is C17H15NO3. The van der Waals surface area contributed by atoms with Gasteiger partial charge in [0.2, 0.25) is 0 Å². The second-order valence-electron chi connectivity index (χ2n) is 4.61. The van der Waals surface area contributed by atoms with Crippen molar-refractivity contribution in [3.05, 3.63) is 65.2 Å². The van der Waals surface area contributed by atoms with Gasteiger partial charge in [-0.05, 0) is 29.7 Å². The molecule has 2 rings (SSSR count). The molecule has 4 nitrogen and oxygen atoms in total. The SMILES string of the molecule is N#Cc1cc(CCC(=O)OCc2ccccc2)ccc1O. The zero-order chi connectivity index (χ0) is 15.1. The molecule has 0 fully saturated rings. The number of aromatic hydroxyl groups is 1. The maximum Gasteiger partial charge on any atom is 0.306 e. The molecule has 4 heteroatoms. The highest BCUT2D eigenvalue weighted by molar-refractivity contribution is 5.69. The number of nitrogens with zero attached hydrogens (tertiary/aromatic N) is 1. The average Bonchev–Trinajstić information content (AvgIpc) is 2.53. The Hall–Kier alpha value is -2.80. The number of hydrogen-bond acceptors (Lipinski definition) is 4. The third-order valence-corrected chi connectivity index (χ3v) is 3.04. The first-order valence-electron chi connectivity index (χ1n) is 6.60. The molecule has 21 heavy (non-hydrogen) atoms. The Labute approximate surface area is 123 Å². The van der Waals surface area contributed by atoms with Crippen LogP contribution in [0, 0.1) is 11.3 Å². The van der Waals surface area contributed by atoms with Crippen molar-refractivity contribution in [3.63, 3.8) is 0 Å². The minimum atomic E-state index is -0.287. The Bertz CT molecular complexity index is 659. The van der Waals surface area contributed by atoms with Gasteiger partial charge in [0.15, 0.2) is 0 Å². The number of carbonyl (C=O) groups is 1. The molecule has 106 valence electrons. The van der Waals surface area contributed by atoms with E-state index in [0.29, 0.717) is 6.42 Å². The predicted octanol–water partition coefficient (Wildman–Crippen LogP) is 2.94. The summed E-state index contributed by atoms with van der Waals surface area (Å²) in [5.41, 5.74) is 1.98. The van der Waals surface area contributed by atoms with Crippen LogP contribution in [0.25, 0.3) is 0 Å². The van der Waals surface area contributed by atoms with E-state index in [0.717, 1.165) is 11.1 Å². The first-order chi connectivity index (χ1) is 10.2. The van der Waals surface area contributed by atoms with E-state index in [2.05, 4.69) is 0 Å². The van der Waals surface area contributed by atoms with Crippen LogP contribution in [0.2, 0.25) is 0 Å². The number of benzene rings is 2. The van der Waals surface area contributed by atoms with Crippen molar-refractivity contribution in [2.75, 3.05) is 0 Å². The fourth-order valence-electron chi connectivity index (χ4n) is 1.88. The summed E-state index contributed by atoms with van der Waals surface area (Å²) >= 11 is 0. The van der Waals surface area contributed by atoms with Gasteiger partial charge in [-0.2, -0.15) is 5.26 Å². The number of aryl methyl sites for hydroxylation is 1. The zero-order valence-corrected chi connectivity index (χ0v) is 11.5. The molecule has 0 bridgehead atoms. The van der Waals surface area contributed by atoms with Crippen LogP contribution in [0.5, 0.6) is 5.75 Å². The third-order valence-electron chi connectivity index (χ3n) is 3.04. The summed E-state index contributed by atoms with van der Waals surface area (Å²) in [6, 6.07) is 16.1. The fraction of sp³-hybridized carbons (Fsp3) is 0.176. The monoisotopic (exact) mass is 281 g/mol. The van der Waals surface area contributed by atoms with Crippen LogP contribution in [0.3, 0.4) is 0 Å². The minimum Gasteiger partial charge on any atom is -0.507 e. The van der Waals surface area contributed by atoms with E-state index in [1.807, 2.05) is 36.4 Å². The van der Waals surface area contributed by atoms with E-state index in [1.165, 1.54) is 6.07 Å². The first kappa shape index (κ1) is 14.6. The van der Waals surface area contributed by atoms with Crippen molar-refractivity contribution in [1.29, 1.82) is 5.26 Å². The molecule has 0 aliphatic rings. The predicted molar refractivity (Wildman–Crippen MR) is 77.4 cm³/mol. The van der Waals surface area contributed by atoms with Gasteiger partial charge in [0, 0.05) is 6.42 Å². The molecule has 0 unspecified atom stereocenters. The van der Waals surface area contributed by atoms with Crippen molar-refractivity contribution >= 4 is 5.97 Å². The molecule has 0 saturated heterocycles. The summed E-state index contributed by atoms with van der Waals surface area (Å²) in [7, 11) is 0. The molecule has 0 spiro atoms. The highest BCUT2D eigenvalue weighted by Gasteiger charge is 2.06. The molecular weight excluding hydrogens is 266 g/mol. The molecule has 0 radical (unpaired) electrons. The van der Waals surface area contributed by atoms with Gasteiger partial charge in [-0.1, -0.05) is 36.4 Å². The van der Waals surface area contributed by atoms with Crippen molar-refractivity contribution in [1.82, 2.24) is 0 Å².